The van der Waals surface area contributed by atoms with E-state index in [9.17, 15) is 4.79 Å². The topological polar surface area (TPSA) is 56.8 Å². The van der Waals surface area contributed by atoms with E-state index in [1.54, 1.807) is 7.11 Å². The Balaban J connectivity index is 2.09. The zero-order valence-corrected chi connectivity index (χ0v) is 10.9. The van der Waals surface area contributed by atoms with E-state index in [-0.39, 0.29) is 30.1 Å². The second-order valence-electron chi connectivity index (χ2n) is 5.32. The van der Waals surface area contributed by atoms with Crippen molar-refractivity contribution in [1.29, 1.82) is 0 Å². The Bertz CT molecular complexity index is 305. The van der Waals surface area contributed by atoms with Gasteiger partial charge in [0.25, 0.3) is 0 Å². The second kappa shape index (κ2) is 4.55. The van der Waals surface area contributed by atoms with Gasteiger partial charge in [-0.05, 0) is 20.3 Å². The molecule has 2 fully saturated rings. The number of ether oxygens (including phenoxy) is 3. The first-order valence-electron chi connectivity index (χ1n) is 6.04. The molecule has 1 saturated heterocycles. The zero-order valence-electron chi connectivity index (χ0n) is 10.9. The first-order chi connectivity index (χ1) is 7.93. The molecule has 0 aromatic rings. The average Bonchev–Trinajstić information content (AvgIpc) is 2.63. The van der Waals surface area contributed by atoms with E-state index in [1.807, 2.05) is 13.8 Å². The highest BCUT2D eigenvalue weighted by atomic mass is 16.8. The predicted molar refractivity (Wildman–Crippen MR) is 61.4 cm³/mol. The summed E-state index contributed by atoms with van der Waals surface area (Å²) in [4.78, 5) is 11.2. The maximum Gasteiger partial charge on any atom is 0.217 e. The van der Waals surface area contributed by atoms with Crippen LogP contribution in [0, 0.1) is 5.92 Å². The number of methoxy groups -OCH3 is 1. The summed E-state index contributed by atoms with van der Waals surface area (Å²) >= 11 is 0. The Morgan fingerprint density at radius 1 is 1.41 bits per heavy atom. The number of fused-ring (bicyclic) bond motifs is 1. The maximum atomic E-state index is 11.2. The minimum absolute atomic E-state index is 0.0156. The van der Waals surface area contributed by atoms with Crippen LogP contribution in [0.1, 0.15) is 27.2 Å². The SMILES string of the molecule is COCC1CC(NC(C)=O)C2OC(C)(C)OC12. The molecule has 2 rings (SSSR count). The van der Waals surface area contributed by atoms with Crippen molar-refractivity contribution in [3.8, 4) is 0 Å². The van der Waals surface area contributed by atoms with Gasteiger partial charge in [0, 0.05) is 20.0 Å². The van der Waals surface area contributed by atoms with E-state index in [4.69, 9.17) is 14.2 Å². The van der Waals surface area contributed by atoms with Gasteiger partial charge in [-0.1, -0.05) is 0 Å². The Hall–Kier alpha value is -0.650. The van der Waals surface area contributed by atoms with Crippen molar-refractivity contribution in [3.63, 3.8) is 0 Å². The van der Waals surface area contributed by atoms with E-state index in [1.165, 1.54) is 6.92 Å². The molecule has 4 unspecified atom stereocenters. The number of carbonyl (C=O) groups is 1. The molecule has 2 aliphatic rings. The van der Waals surface area contributed by atoms with Gasteiger partial charge in [0.2, 0.25) is 5.91 Å². The fourth-order valence-electron chi connectivity index (χ4n) is 2.87. The van der Waals surface area contributed by atoms with Crippen LogP contribution in [-0.4, -0.2) is 43.7 Å². The van der Waals surface area contributed by atoms with Gasteiger partial charge in [-0.15, -0.1) is 0 Å². The predicted octanol–water partition coefficient (Wildman–Crippen LogP) is 0.677. The van der Waals surface area contributed by atoms with Crippen LogP contribution in [0.25, 0.3) is 0 Å². The standard InChI is InChI=1S/C12H21NO4/c1-7(14)13-9-5-8(6-15-4)10-11(9)17-12(2,3)16-10/h8-11H,5-6H2,1-4H3,(H,13,14). The average molecular weight is 243 g/mol. The van der Waals surface area contributed by atoms with Crippen molar-refractivity contribution in [1.82, 2.24) is 5.32 Å². The molecule has 0 bridgehead atoms. The van der Waals surface area contributed by atoms with Gasteiger partial charge in [0.05, 0.1) is 18.8 Å². The van der Waals surface area contributed by atoms with Crippen molar-refractivity contribution in [2.24, 2.45) is 5.92 Å². The summed E-state index contributed by atoms with van der Waals surface area (Å²) < 4.78 is 17.0. The van der Waals surface area contributed by atoms with Crippen LogP contribution in [-0.2, 0) is 19.0 Å². The van der Waals surface area contributed by atoms with Crippen LogP contribution in [0.15, 0.2) is 0 Å². The number of carbonyl (C=O) groups excluding carboxylic acids is 1. The van der Waals surface area contributed by atoms with Crippen LogP contribution in [0.5, 0.6) is 0 Å². The molecule has 1 aliphatic heterocycles. The number of amides is 1. The largest absolute Gasteiger partial charge is 0.384 e. The number of nitrogens with one attached hydrogen (secondary N) is 1. The van der Waals surface area contributed by atoms with Crippen LogP contribution in [0.4, 0.5) is 0 Å². The first-order valence-corrected chi connectivity index (χ1v) is 6.04. The lowest BCUT2D eigenvalue weighted by molar-refractivity contribution is -0.161. The Morgan fingerprint density at radius 3 is 2.65 bits per heavy atom. The molecule has 0 radical (unpaired) electrons. The normalized spacial score (nSPS) is 39.1. The number of hydrogen-bond donors (Lipinski definition) is 1. The Morgan fingerprint density at radius 2 is 2.06 bits per heavy atom. The van der Waals surface area contributed by atoms with E-state index in [0.717, 1.165) is 6.42 Å². The van der Waals surface area contributed by atoms with Gasteiger partial charge in [-0.2, -0.15) is 0 Å². The zero-order chi connectivity index (χ0) is 12.6. The molecular formula is C12H21NO4. The van der Waals surface area contributed by atoms with Crippen molar-refractivity contribution < 1.29 is 19.0 Å². The van der Waals surface area contributed by atoms with E-state index >= 15 is 0 Å². The Kier molecular flexibility index (Phi) is 3.43. The van der Waals surface area contributed by atoms with Crippen molar-refractivity contribution >= 4 is 5.91 Å². The highest BCUT2D eigenvalue weighted by Gasteiger charge is 2.54. The van der Waals surface area contributed by atoms with E-state index < -0.39 is 5.79 Å². The quantitative estimate of drug-likeness (QED) is 0.792. The van der Waals surface area contributed by atoms with Gasteiger partial charge >= 0.3 is 0 Å². The smallest absolute Gasteiger partial charge is 0.217 e. The fraction of sp³-hybridized carbons (Fsp3) is 0.917. The van der Waals surface area contributed by atoms with Gasteiger partial charge in [0.1, 0.15) is 6.10 Å². The third-order valence-electron chi connectivity index (χ3n) is 3.35. The van der Waals surface area contributed by atoms with Crippen LogP contribution in [0.3, 0.4) is 0 Å². The van der Waals surface area contributed by atoms with E-state index in [2.05, 4.69) is 5.32 Å². The summed E-state index contributed by atoms with van der Waals surface area (Å²) in [5, 5.41) is 2.94. The van der Waals surface area contributed by atoms with Crippen LogP contribution in [0.2, 0.25) is 0 Å². The summed E-state index contributed by atoms with van der Waals surface area (Å²) in [6, 6.07) is 0.0272. The highest BCUT2D eigenvalue weighted by Crippen LogP contribution is 2.41. The molecule has 17 heavy (non-hydrogen) atoms. The molecule has 5 nitrogen and oxygen atoms in total. The molecule has 1 saturated carbocycles. The molecule has 5 heteroatoms. The molecule has 0 aromatic heterocycles. The molecule has 98 valence electrons. The molecule has 0 aromatic carbocycles. The fourth-order valence-corrected chi connectivity index (χ4v) is 2.87. The Labute approximate surface area is 102 Å². The second-order valence-corrected chi connectivity index (χ2v) is 5.32. The summed E-state index contributed by atoms with van der Waals surface area (Å²) in [6.07, 6.45) is 0.801. The molecule has 4 atom stereocenters. The summed E-state index contributed by atoms with van der Waals surface area (Å²) in [7, 11) is 1.68. The summed E-state index contributed by atoms with van der Waals surface area (Å²) in [6.45, 7) is 5.97. The van der Waals surface area contributed by atoms with Crippen molar-refractivity contribution in [2.75, 3.05) is 13.7 Å². The summed E-state index contributed by atoms with van der Waals surface area (Å²) in [5.41, 5.74) is 0. The van der Waals surface area contributed by atoms with Gasteiger partial charge in [-0.25, -0.2) is 0 Å². The van der Waals surface area contributed by atoms with E-state index in [0.29, 0.717) is 6.61 Å². The number of hydrogen-bond acceptors (Lipinski definition) is 4. The van der Waals surface area contributed by atoms with Crippen LogP contribution < -0.4 is 5.32 Å². The highest BCUT2D eigenvalue weighted by molar-refractivity contribution is 5.73. The maximum absolute atomic E-state index is 11.2. The summed E-state index contributed by atoms with van der Waals surface area (Å²) in [5.74, 6) is -0.317. The third kappa shape index (κ3) is 2.61. The molecule has 1 aliphatic carbocycles. The van der Waals surface area contributed by atoms with Crippen molar-refractivity contribution in [2.45, 2.75) is 51.2 Å². The number of rotatable bonds is 3. The molecule has 1 N–H and O–H groups in total. The lowest BCUT2D eigenvalue weighted by Gasteiger charge is -2.23. The molecule has 1 amide bonds. The monoisotopic (exact) mass is 243 g/mol. The van der Waals surface area contributed by atoms with Gasteiger partial charge in [-0.3, -0.25) is 4.79 Å². The minimum atomic E-state index is -0.571. The van der Waals surface area contributed by atoms with Gasteiger partial charge < -0.3 is 19.5 Å². The first kappa shape index (κ1) is 12.8. The molecule has 0 spiro atoms. The van der Waals surface area contributed by atoms with Crippen molar-refractivity contribution in [3.05, 3.63) is 0 Å². The molecule has 1 heterocycles. The third-order valence-corrected chi connectivity index (χ3v) is 3.35. The lowest BCUT2D eigenvalue weighted by Crippen LogP contribution is -2.41. The minimum Gasteiger partial charge on any atom is -0.384 e. The molecular weight excluding hydrogens is 222 g/mol. The van der Waals surface area contributed by atoms with Crippen LogP contribution >= 0.6 is 0 Å². The van der Waals surface area contributed by atoms with Gasteiger partial charge in [0.15, 0.2) is 5.79 Å². The lowest BCUT2D eigenvalue weighted by atomic mass is 10.1.